The van der Waals surface area contributed by atoms with Crippen LogP contribution in [-0.4, -0.2) is 72.4 Å². The number of rotatable bonds is 6. The highest BCUT2D eigenvalue weighted by molar-refractivity contribution is 7.90. The van der Waals surface area contributed by atoms with Crippen molar-refractivity contribution in [1.29, 1.82) is 0 Å². The van der Waals surface area contributed by atoms with Gasteiger partial charge >= 0.3 is 7.82 Å². The number of phosphoric acid groups is 1. The summed E-state index contributed by atoms with van der Waals surface area (Å²) in [6, 6.07) is 12.4. The number of hydrogen-bond donors (Lipinski definition) is 4. The molecule has 4 N–H and O–H groups in total. The largest absolute Gasteiger partial charge is 0.497 e. The Morgan fingerprint density at radius 1 is 1.00 bits per heavy atom. The number of anilines is 1. The van der Waals surface area contributed by atoms with E-state index in [1.54, 1.807) is 50.7 Å². The van der Waals surface area contributed by atoms with Gasteiger partial charge in [0.15, 0.2) is 0 Å². The summed E-state index contributed by atoms with van der Waals surface area (Å²) >= 11 is 0. The van der Waals surface area contributed by atoms with Gasteiger partial charge in [-0.15, -0.1) is 0 Å². The van der Waals surface area contributed by atoms with E-state index in [-0.39, 0.29) is 10.9 Å². The maximum Gasteiger partial charge on any atom is 0.466 e. The van der Waals surface area contributed by atoms with E-state index in [0.717, 1.165) is 31.3 Å². The van der Waals surface area contributed by atoms with E-state index in [1.807, 2.05) is 12.1 Å². The van der Waals surface area contributed by atoms with Crippen LogP contribution in [-0.2, 0) is 14.6 Å². The number of piperidine rings is 1. The van der Waals surface area contributed by atoms with Crippen LogP contribution in [0.3, 0.4) is 0 Å². The summed E-state index contributed by atoms with van der Waals surface area (Å²) in [6.45, 7) is 2.02. The van der Waals surface area contributed by atoms with Crippen molar-refractivity contribution in [2.24, 2.45) is 0 Å². The summed E-state index contributed by atoms with van der Waals surface area (Å²) in [4.78, 5) is 24.1. The third kappa shape index (κ3) is 6.97. The Balaban J connectivity index is 0.000000623. The zero-order valence-corrected chi connectivity index (χ0v) is 21.4. The van der Waals surface area contributed by atoms with Crippen LogP contribution in [0.2, 0.25) is 0 Å². The van der Waals surface area contributed by atoms with Gasteiger partial charge in [0.1, 0.15) is 11.5 Å². The minimum Gasteiger partial charge on any atom is -0.497 e. The monoisotopic (exact) mass is 527 g/mol. The van der Waals surface area contributed by atoms with Gasteiger partial charge in [0.2, 0.25) is 0 Å². The fraction of sp³-hybridized carbons (Fsp3) is 0.364. The standard InChI is InChI=1S/C22H27N3O4S.H3O4P/c1-24-11-9-17(10-12-24)23-20-15-19(6-7-22(20)29-3)30(26,27)25-13-8-16-4-5-18(28-2)14-21(16)25;1-5(2,3)4/h4-8,13-15,17,23H,9-12H2,1-3H3;(H3,1,2,3,4). The van der Waals surface area contributed by atoms with Crippen LogP contribution in [0, 0.1) is 0 Å². The summed E-state index contributed by atoms with van der Waals surface area (Å²) in [5.41, 5.74) is 1.28. The number of aromatic nitrogens is 1. The van der Waals surface area contributed by atoms with Crippen LogP contribution in [0.15, 0.2) is 53.6 Å². The summed E-state index contributed by atoms with van der Waals surface area (Å²) in [5.74, 6) is 1.24. The molecule has 11 nitrogen and oxygen atoms in total. The molecular formula is C22H30N3O8PS. The average molecular weight is 528 g/mol. The number of nitrogens with zero attached hydrogens (tertiary/aromatic N) is 2. The van der Waals surface area contributed by atoms with E-state index >= 15 is 0 Å². The van der Waals surface area contributed by atoms with Crippen LogP contribution in [0.4, 0.5) is 5.69 Å². The minimum absolute atomic E-state index is 0.207. The van der Waals surface area contributed by atoms with Crippen LogP contribution < -0.4 is 14.8 Å². The van der Waals surface area contributed by atoms with Crippen LogP contribution in [0.1, 0.15) is 12.8 Å². The normalized spacial score (nSPS) is 15.4. The Morgan fingerprint density at radius 2 is 1.66 bits per heavy atom. The molecular weight excluding hydrogens is 497 g/mol. The fourth-order valence-electron chi connectivity index (χ4n) is 3.87. The van der Waals surface area contributed by atoms with Gasteiger partial charge in [-0.05, 0) is 69.4 Å². The first-order valence-corrected chi connectivity index (χ1v) is 13.7. The molecule has 0 aliphatic carbocycles. The molecule has 0 spiro atoms. The van der Waals surface area contributed by atoms with Crippen molar-refractivity contribution in [3.63, 3.8) is 0 Å². The third-order valence-corrected chi connectivity index (χ3v) is 7.36. The number of benzene rings is 2. The first-order valence-electron chi connectivity index (χ1n) is 10.7. The lowest BCUT2D eigenvalue weighted by Gasteiger charge is -2.30. The smallest absolute Gasteiger partial charge is 0.466 e. The maximum atomic E-state index is 13.4. The summed E-state index contributed by atoms with van der Waals surface area (Å²) in [7, 11) is -3.16. The Labute approximate surface area is 204 Å². The van der Waals surface area contributed by atoms with Crippen molar-refractivity contribution in [1.82, 2.24) is 8.87 Å². The van der Waals surface area contributed by atoms with Crippen molar-refractivity contribution < 1.29 is 37.1 Å². The molecule has 1 aliphatic heterocycles. The van der Waals surface area contributed by atoms with Crippen molar-refractivity contribution in [3.8, 4) is 11.5 Å². The van der Waals surface area contributed by atoms with E-state index in [2.05, 4.69) is 17.3 Å². The van der Waals surface area contributed by atoms with Gasteiger partial charge in [0.05, 0.1) is 30.3 Å². The molecule has 35 heavy (non-hydrogen) atoms. The van der Waals surface area contributed by atoms with Crippen molar-refractivity contribution in [2.75, 3.05) is 39.7 Å². The number of methoxy groups -OCH3 is 2. The molecule has 0 amide bonds. The van der Waals surface area contributed by atoms with E-state index in [4.69, 9.17) is 28.7 Å². The van der Waals surface area contributed by atoms with E-state index in [0.29, 0.717) is 22.7 Å². The number of ether oxygens (including phenoxy) is 2. The average Bonchev–Trinajstić information content (AvgIpc) is 3.23. The molecule has 192 valence electrons. The SMILES string of the molecule is COc1ccc2ccn(S(=O)(=O)c3ccc(OC)c(NC4CCN(C)CC4)c3)c2c1.O=P(O)(O)O. The van der Waals surface area contributed by atoms with Crippen LogP contribution >= 0.6 is 7.82 Å². The Kier molecular flexibility index (Phi) is 8.47. The lowest BCUT2D eigenvalue weighted by Crippen LogP contribution is -2.36. The minimum atomic E-state index is -4.64. The van der Waals surface area contributed by atoms with Crippen LogP contribution in [0.5, 0.6) is 11.5 Å². The van der Waals surface area contributed by atoms with Gasteiger partial charge in [-0.1, -0.05) is 0 Å². The predicted octanol–water partition coefficient (Wildman–Crippen LogP) is 2.47. The van der Waals surface area contributed by atoms with Crippen molar-refractivity contribution >= 4 is 34.4 Å². The lowest BCUT2D eigenvalue weighted by molar-refractivity contribution is 0.263. The Bertz CT molecular complexity index is 1310. The molecule has 13 heteroatoms. The van der Waals surface area contributed by atoms with Crippen molar-refractivity contribution in [3.05, 3.63) is 48.7 Å². The molecule has 1 aliphatic rings. The summed E-state index contributed by atoms with van der Waals surface area (Å²) in [6.07, 6.45) is 3.57. The highest BCUT2D eigenvalue weighted by Crippen LogP contribution is 2.32. The van der Waals surface area contributed by atoms with Gasteiger partial charge in [-0.3, -0.25) is 0 Å². The number of likely N-dealkylation sites (tertiary alicyclic amines) is 1. The van der Waals surface area contributed by atoms with Gasteiger partial charge in [0.25, 0.3) is 10.0 Å². The highest BCUT2D eigenvalue weighted by Gasteiger charge is 2.23. The Morgan fingerprint density at radius 3 is 2.26 bits per heavy atom. The van der Waals surface area contributed by atoms with Gasteiger partial charge in [0, 0.05) is 23.7 Å². The molecule has 0 radical (unpaired) electrons. The summed E-state index contributed by atoms with van der Waals surface area (Å²) in [5, 5.41) is 4.32. The maximum absolute atomic E-state index is 13.4. The van der Waals surface area contributed by atoms with E-state index in [9.17, 15) is 8.42 Å². The zero-order chi connectivity index (χ0) is 25.8. The predicted molar refractivity (Wildman–Crippen MR) is 132 cm³/mol. The number of hydrogen-bond acceptors (Lipinski definition) is 7. The van der Waals surface area contributed by atoms with Gasteiger partial charge in [-0.25, -0.2) is 17.0 Å². The third-order valence-electron chi connectivity index (χ3n) is 5.67. The lowest BCUT2D eigenvalue weighted by atomic mass is 10.1. The Hall–Kier alpha value is -2.60. The molecule has 2 heterocycles. The molecule has 4 rings (SSSR count). The highest BCUT2D eigenvalue weighted by atomic mass is 32.2. The van der Waals surface area contributed by atoms with E-state index < -0.39 is 17.8 Å². The first kappa shape index (κ1) is 27.0. The molecule has 0 atom stereocenters. The second kappa shape index (κ2) is 11.0. The second-order valence-electron chi connectivity index (χ2n) is 8.14. The molecule has 1 fully saturated rings. The van der Waals surface area contributed by atoms with E-state index in [1.165, 1.54) is 3.97 Å². The number of nitrogens with one attached hydrogen (secondary N) is 1. The summed E-state index contributed by atoms with van der Waals surface area (Å²) < 4.78 is 47.8. The first-order chi connectivity index (χ1) is 16.4. The molecule has 0 saturated carbocycles. The topological polar surface area (TPSA) is 151 Å². The molecule has 2 aromatic carbocycles. The second-order valence-corrected chi connectivity index (χ2v) is 11.0. The fourth-order valence-corrected chi connectivity index (χ4v) is 5.24. The molecule has 3 aromatic rings. The van der Waals surface area contributed by atoms with Gasteiger partial charge in [-0.2, -0.15) is 0 Å². The quantitative estimate of drug-likeness (QED) is 0.352. The van der Waals surface area contributed by atoms with Crippen molar-refractivity contribution in [2.45, 2.75) is 23.8 Å². The molecule has 0 unspecified atom stereocenters. The number of fused-ring (bicyclic) bond motifs is 1. The zero-order valence-electron chi connectivity index (χ0n) is 19.7. The van der Waals surface area contributed by atoms with Crippen LogP contribution in [0.25, 0.3) is 10.9 Å². The molecule has 0 bridgehead atoms. The molecule has 1 aromatic heterocycles. The molecule has 1 saturated heterocycles. The van der Waals surface area contributed by atoms with Gasteiger partial charge < -0.3 is 34.4 Å².